The van der Waals surface area contributed by atoms with Crippen LogP contribution in [0, 0.1) is 23.1 Å². The Bertz CT molecular complexity index is 893. The second-order valence-corrected chi connectivity index (χ2v) is 10.3. The SMILES string of the molecule is C1CC1.C=C(C(N)CN(C)C1CCN(Cc2ccc(F)cc2)C1=O)N1C(C#N)CC2CC21.CC.CCC. The summed E-state index contributed by atoms with van der Waals surface area (Å²) in [7, 11) is 1.92. The lowest BCUT2D eigenvalue weighted by Gasteiger charge is -2.33. The number of likely N-dealkylation sites (tertiary alicyclic amines) is 2. The van der Waals surface area contributed by atoms with Gasteiger partial charge in [-0.05, 0) is 49.9 Å². The number of hydrogen-bond acceptors (Lipinski definition) is 5. The summed E-state index contributed by atoms with van der Waals surface area (Å²) in [4.78, 5) is 18.8. The van der Waals surface area contributed by atoms with Gasteiger partial charge in [0.1, 0.15) is 11.9 Å². The summed E-state index contributed by atoms with van der Waals surface area (Å²) >= 11 is 0. The number of benzene rings is 1. The van der Waals surface area contributed by atoms with E-state index in [-0.39, 0.29) is 29.8 Å². The molecule has 1 amide bonds. The van der Waals surface area contributed by atoms with E-state index >= 15 is 0 Å². The van der Waals surface area contributed by atoms with Crippen molar-refractivity contribution in [1.82, 2.24) is 14.7 Å². The summed E-state index contributed by atoms with van der Waals surface area (Å²) in [6.45, 7) is 14.1. The number of piperidine rings is 1. The maximum absolute atomic E-state index is 13.1. The number of carbonyl (C=O) groups excluding carboxylic acids is 1. The van der Waals surface area contributed by atoms with Gasteiger partial charge in [0.15, 0.2) is 0 Å². The third kappa shape index (κ3) is 8.83. The molecular formula is C30H48FN5O. The molecular weight excluding hydrogens is 465 g/mol. The monoisotopic (exact) mass is 513 g/mol. The average Bonchev–Trinajstić information content (AvgIpc) is 3.84. The normalized spacial score (nSPS) is 25.4. The van der Waals surface area contributed by atoms with Gasteiger partial charge in [-0.25, -0.2) is 4.39 Å². The molecule has 5 unspecified atom stereocenters. The van der Waals surface area contributed by atoms with E-state index in [4.69, 9.17) is 5.73 Å². The maximum Gasteiger partial charge on any atom is 0.240 e. The molecule has 1 aromatic rings. The predicted molar refractivity (Wildman–Crippen MR) is 149 cm³/mol. The van der Waals surface area contributed by atoms with Crippen LogP contribution in [-0.2, 0) is 11.3 Å². The molecule has 5 atom stereocenters. The number of nitrogens with two attached hydrogens (primary N) is 1. The fourth-order valence-corrected chi connectivity index (χ4v) is 4.82. The minimum atomic E-state index is -0.311. The van der Waals surface area contributed by atoms with Crippen LogP contribution < -0.4 is 5.73 Å². The predicted octanol–water partition coefficient (Wildman–Crippen LogP) is 5.30. The highest BCUT2D eigenvalue weighted by molar-refractivity contribution is 5.84. The molecule has 0 spiro atoms. The lowest BCUT2D eigenvalue weighted by atomic mass is 10.1. The summed E-state index contributed by atoms with van der Waals surface area (Å²) in [5.41, 5.74) is 8.16. The van der Waals surface area contributed by atoms with Crippen molar-refractivity contribution in [3.63, 3.8) is 0 Å². The number of fused-ring (bicyclic) bond motifs is 1. The Morgan fingerprint density at radius 2 is 1.81 bits per heavy atom. The Morgan fingerprint density at radius 1 is 1.22 bits per heavy atom. The number of amides is 1. The maximum atomic E-state index is 13.1. The lowest BCUT2D eigenvalue weighted by Crippen LogP contribution is -2.48. The van der Waals surface area contributed by atoms with Crippen LogP contribution in [0.3, 0.4) is 0 Å². The van der Waals surface area contributed by atoms with Gasteiger partial charge >= 0.3 is 0 Å². The molecule has 0 radical (unpaired) electrons. The van der Waals surface area contributed by atoms with Gasteiger partial charge in [-0.2, -0.15) is 5.26 Å². The molecule has 2 saturated carbocycles. The van der Waals surface area contributed by atoms with Crippen molar-refractivity contribution < 1.29 is 9.18 Å². The van der Waals surface area contributed by atoms with E-state index in [1.807, 2.05) is 30.7 Å². The highest BCUT2D eigenvalue weighted by atomic mass is 19.1. The quantitative estimate of drug-likeness (QED) is 0.536. The summed E-state index contributed by atoms with van der Waals surface area (Å²) in [5.74, 6) is 0.410. The van der Waals surface area contributed by atoms with Crippen LogP contribution in [0.4, 0.5) is 4.39 Å². The van der Waals surface area contributed by atoms with E-state index in [2.05, 4.69) is 31.4 Å². The first-order chi connectivity index (χ1) is 17.8. The third-order valence-corrected chi connectivity index (χ3v) is 6.94. The second-order valence-electron chi connectivity index (χ2n) is 10.3. The van der Waals surface area contributed by atoms with E-state index in [9.17, 15) is 14.4 Å². The van der Waals surface area contributed by atoms with Crippen LogP contribution in [0.25, 0.3) is 0 Å². The molecule has 2 N–H and O–H groups in total. The topological polar surface area (TPSA) is 76.6 Å². The zero-order valence-electron chi connectivity index (χ0n) is 23.6. The van der Waals surface area contributed by atoms with Gasteiger partial charge in [0.05, 0.1) is 18.2 Å². The molecule has 206 valence electrons. The zero-order chi connectivity index (χ0) is 27.5. The van der Waals surface area contributed by atoms with Crippen LogP contribution in [0.15, 0.2) is 36.5 Å². The standard InChI is InChI=1S/C22H28FN5O.C3H6.C3H8.C2H6/c1-14(28-18(11-24)9-16-10-21(16)28)19(25)13-26(2)20-7-8-27(22(20)29)12-15-3-5-17(23)6-4-15;1-2-3-1;1-3-2;1-2/h3-6,16,18-21H,1,7-10,12-13,25H2,2H3;1-3H2;3H2,1-2H3;1-2H3. The molecule has 0 bridgehead atoms. The van der Waals surface area contributed by atoms with Crippen LogP contribution in [0.2, 0.25) is 0 Å². The minimum Gasteiger partial charge on any atom is -0.355 e. The number of nitriles is 1. The molecule has 37 heavy (non-hydrogen) atoms. The van der Waals surface area contributed by atoms with E-state index in [1.165, 1.54) is 37.8 Å². The Balaban J connectivity index is 0.000000529. The first kappa shape index (κ1) is 30.8. The molecule has 1 aromatic carbocycles. The van der Waals surface area contributed by atoms with Crippen LogP contribution in [-0.4, -0.2) is 64.9 Å². The number of hydrogen-bond donors (Lipinski definition) is 1. The number of carbonyl (C=O) groups is 1. The smallest absolute Gasteiger partial charge is 0.240 e. The van der Waals surface area contributed by atoms with Gasteiger partial charge in [0, 0.05) is 31.4 Å². The Labute approximate surface area is 224 Å². The average molecular weight is 514 g/mol. The molecule has 4 aliphatic rings. The Hall–Kier alpha value is -2.43. The van der Waals surface area contributed by atoms with Crippen molar-refractivity contribution in [1.29, 1.82) is 5.26 Å². The molecule has 6 nitrogen and oxygen atoms in total. The fourth-order valence-electron chi connectivity index (χ4n) is 4.82. The first-order valence-corrected chi connectivity index (χ1v) is 14.2. The number of rotatable bonds is 7. The summed E-state index contributed by atoms with van der Waals surface area (Å²) in [6, 6.07) is 8.41. The summed E-state index contributed by atoms with van der Waals surface area (Å²) < 4.78 is 13.1. The molecule has 2 aliphatic carbocycles. The fraction of sp³-hybridized carbons (Fsp3) is 0.667. The number of halogens is 1. The third-order valence-electron chi connectivity index (χ3n) is 6.94. The molecule has 5 rings (SSSR count). The van der Waals surface area contributed by atoms with Gasteiger partial charge in [0.2, 0.25) is 5.91 Å². The van der Waals surface area contributed by atoms with E-state index < -0.39 is 0 Å². The van der Waals surface area contributed by atoms with Crippen molar-refractivity contribution >= 4 is 5.91 Å². The molecule has 0 aromatic heterocycles. The highest BCUT2D eigenvalue weighted by Gasteiger charge is 2.53. The number of nitrogens with zero attached hydrogens (tertiary/aromatic N) is 4. The van der Waals surface area contributed by atoms with E-state index in [1.54, 1.807) is 12.1 Å². The van der Waals surface area contributed by atoms with Crippen LogP contribution in [0.5, 0.6) is 0 Å². The Morgan fingerprint density at radius 3 is 2.35 bits per heavy atom. The lowest BCUT2D eigenvalue weighted by molar-refractivity contribution is -0.132. The first-order valence-electron chi connectivity index (χ1n) is 14.2. The van der Waals surface area contributed by atoms with Crippen molar-refractivity contribution in [3.05, 3.63) is 47.9 Å². The van der Waals surface area contributed by atoms with Crippen LogP contribution in [0.1, 0.15) is 78.2 Å². The summed E-state index contributed by atoms with van der Waals surface area (Å²) in [6.07, 6.45) is 8.52. The molecule has 4 fully saturated rings. The van der Waals surface area contributed by atoms with Gasteiger partial charge in [-0.1, -0.05) is 72.1 Å². The molecule has 2 heterocycles. The van der Waals surface area contributed by atoms with Gasteiger partial charge in [-0.15, -0.1) is 0 Å². The van der Waals surface area contributed by atoms with Crippen LogP contribution >= 0.6 is 0 Å². The second kappa shape index (κ2) is 15.1. The molecule has 2 aliphatic heterocycles. The van der Waals surface area contributed by atoms with Gasteiger partial charge < -0.3 is 15.5 Å². The molecule has 2 saturated heterocycles. The Kier molecular flexibility index (Phi) is 12.6. The van der Waals surface area contributed by atoms with Crippen molar-refractivity contribution in [2.24, 2.45) is 11.7 Å². The van der Waals surface area contributed by atoms with E-state index in [0.29, 0.717) is 31.6 Å². The summed E-state index contributed by atoms with van der Waals surface area (Å²) in [5, 5.41) is 9.41. The van der Waals surface area contributed by atoms with Crippen molar-refractivity contribution in [2.75, 3.05) is 20.1 Å². The largest absolute Gasteiger partial charge is 0.355 e. The van der Waals surface area contributed by atoms with Crippen molar-refractivity contribution in [2.45, 2.75) is 103 Å². The van der Waals surface area contributed by atoms with Gasteiger partial charge in [-0.3, -0.25) is 9.69 Å². The zero-order valence-corrected chi connectivity index (χ0v) is 23.6. The van der Waals surface area contributed by atoms with E-state index in [0.717, 1.165) is 30.5 Å². The molecule has 7 heteroatoms. The van der Waals surface area contributed by atoms with Crippen molar-refractivity contribution in [3.8, 4) is 6.07 Å². The highest BCUT2D eigenvalue weighted by Crippen LogP contribution is 2.49. The number of likely N-dealkylation sites (N-methyl/N-ethyl adjacent to an activating group) is 1. The minimum absolute atomic E-state index is 0.0768. The van der Waals surface area contributed by atoms with Gasteiger partial charge in [0.25, 0.3) is 0 Å².